The van der Waals surface area contributed by atoms with Crippen molar-refractivity contribution in [2.75, 3.05) is 5.32 Å². The number of carbonyl (C=O) groups is 1. The second kappa shape index (κ2) is 6.93. The van der Waals surface area contributed by atoms with E-state index in [1.54, 1.807) is 12.1 Å². The summed E-state index contributed by atoms with van der Waals surface area (Å²) in [7, 11) is 0. The zero-order valence-corrected chi connectivity index (χ0v) is 14.6. The summed E-state index contributed by atoms with van der Waals surface area (Å²) in [6, 6.07) is 20.9. The predicted molar refractivity (Wildman–Crippen MR) is 104 cm³/mol. The van der Waals surface area contributed by atoms with Crippen molar-refractivity contribution in [1.29, 1.82) is 0 Å². The average Bonchev–Trinajstić information content (AvgIpc) is 3.11. The molecule has 0 atom stereocenters. The fourth-order valence-electron chi connectivity index (χ4n) is 2.68. The standard InChI is InChI=1S/C20H15N3O2S/c24-18(22-15-9-5-2-6-10-15)12-23-13-21-16-11-17(26-19(16)20(23)25)14-7-3-1-4-8-14/h1-11,13H,12H2,(H,22,24). The van der Waals surface area contributed by atoms with Crippen LogP contribution in [0.5, 0.6) is 0 Å². The van der Waals surface area contributed by atoms with Gasteiger partial charge in [0.05, 0.1) is 11.8 Å². The topological polar surface area (TPSA) is 64.0 Å². The molecule has 4 aromatic rings. The minimum atomic E-state index is -0.265. The van der Waals surface area contributed by atoms with Crippen LogP contribution in [-0.4, -0.2) is 15.5 Å². The maximum Gasteiger partial charge on any atom is 0.271 e. The van der Waals surface area contributed by atoms with Gasteiger partial charge in [-0.25, -0.2) is 4.98 Å². The lowest BCUT2D eigenvalue weighted by Gasteiger charge is -2.06. The van der Waals surface area contributed by atoms with E-state index in [0.717, 1.165) is 10.4 Å². The highest BCUT2D eigenvalue weighted by Gasteiger charge is 2.12. The number of amides is 1. The molecule has 0 aliphatic carbocycles. The van der Waals surface area contributed by atoms with Crippen molar-refractivity contribution in [2.45, 2.75) is 6.54 Å². The van der Waals surface area contributed by atoms with E-state index >= 15 is 0 Å². The molecule has 0 radical (unpaired) electrons. The van der Waals surface area contributed by atoms with Crippen LogP contribution in [0.3, 0.4) is 0 Å². The number of fused-ring (bicyclic) bond motifs is 1. The van der Waals surface area contributed by atoms with E-state index in [9.17, 15) is 9.59 Å². The van der Waals surface area contributed by atoms with Gasteiger partial charge < -0.3 is 5.32 Å². The first-order chi connectivity index (χ1) is 12.7. The number of nitrogens with one attached hydrogen (secondary N) is 1. The van der Waals surface area contributed by atoms with E-state index < -0.39 is 0 Å². The van der Waals surface area contributed by atoms with E-state index in [1.165, 1.54) is 22.2 Å². The van der Waals surface area contributed by atoms with Crippen molar-refractivity contribution in [3.63, 3.8) is 0 Å². The van der Waals surface area contributed by atoms with Crippen molar-refractivity contribution in [1.82, 2.24) is 9.55 Å². The Balaban J connectivity index is 1.61. The molecule has 2 aromatic heterocycles. The summed E-state index contributed by atoms with van der Waals surface area (Å²) in [5.41, 5.74) is 2.19. The van der Waals surface area contributed by atoms with Crippen LogP contribution in [0.1, 0.15) is 0 Å². The van der Waals surface area contributed by atoms with Gasteiger partial charge in [0.2, 0.25) is 5.91 Å². The molecule has 0 unspecified atom stereocenters. The van der Waals surface area contributed by atoms with Crippen LogP contribution in [0.15, 0.2) is 77.9 Å². The second-order valence-electron chi connectivity index (χ2n) is 5.78. The molecule has 0 spiro atoms. The van der Waals surface area contributed by atoms with Crippen LogP contribution >= 0.6 is 11.3 Å². The maximum absolute atomic E-state index is 12.7. The van der Waals surface area contributed by atoms with Crippen molar-refractivity contribution in [2.24, 2.45) is 0 Å². The molecule has 0 saturated heterocycles. The molecule has 0 aliphatic rings. The zero-order chi connectivity index (χ0) is 17.9. The minimum absolute atomic E-state index is 0.0742. The largest absolute Gasteiger partial charge is 0.325 e. The Kier molecular flexibility index (Phi) is 4.33. The van der Waals surface area contributed by atoms with Crippen LogP contribution in [0, 0.1) is 0 Å². The molecule has 1 amide bonds. The molecule has 0 fully saturated rings. The third-order valence-corrected chi connectivity index (χ3v) is 5.09. The SMILES string of the molecule is O=C(Cn1cnc2cc(-c3ccccc3)sc2c1=O)Nc1ccccc1. The number of anilines is 1. The maximum atomic E-state index is 12.7. The fraction of sp³-hybridized carbons (Fsp3) is 0.0500. The van der Waals surface area contributed by atoms with Crippen molar-refractivity contribution >= 4 is 33.1 Å². The lowest BCUT2D eigenvalue weighted by molar-refractivity contribution is -0.116. The number of benzene rings is 2. The first kappa shape index (κ1) is 16.2. The molecular weight excluding hydrogens is 346 g/mol. The smallest absolute Gasteiger partial charge is 0.271 e. The Hall–Kier alpha value is -3.25. The molecule has 4 rings (SSSR count). The highest BCUT2D eigenvalue weighted by molar-refractivity contribution is 7.22. The predicted octanol–water partition coefficient (Wildman–Crippen LogP) is 3.76. The number of thiophene rings is 1. The molecule has 5 nitrogen and oxygen atoms in total. The molecular formula is C20H15N3O2S. The monoisotopic (exact) mass is 361 g/mol. The van der Waals surface area contributed by atoms with E-state index in [-0.39, 0.29) is 18.0 Å². The van der Waals surface area contributed by atoms with Crippen LogP contribution in [0.25, 0.3) is 20.7 Å². The van der Waals surface area contributed by atoms with Gasteiger partial charge in [-0.05, 0) is 23.8 Å². The molecule has 2 heterocycles. The van der Waals surface area contributed by atoms with Crippen LogP contribution in [0.2, 0.25) is 0 Å². The quantitative estimate of drug-likeness (QED) is 0.602. The van der Waals surface area contributed by atoms with Crippen LogP contribution < -0.4 is 10.9 Å². The Morgan fingerprint density at radius 3 is 2.46 bits per heavy atom. The summed E-state index contributed by atoms with van der Waals surface area (Å²) in [4.78, 5) is 30.2. The molecule has 0 saturated carbocycles. The summed E-state index contributed by atoms with van der Waals surface area (Å²) in [5, 5.41) is 2.77. The third-order valence-electron chi connectivity index (χ3n) is 3.93. The van der Waals surface area contributed by atoms with E-state index in [1.807, 2.05) is 54.6 Å². The normalized spacial score (nSPS) is 10.8. The summed E-state index contributed by atoms with van der Waals surface area (Å²) >= 11 is 1.39. The van der Waals surface area contributed by atoms with Crippen molar-refractivity contribution in [3.05, 3.63) is 83.4 Å². The molecule has 26 heavy (non-hydrogen) atoms. The Bertz CT molecular complexity index is 1120. The third kappa shape index (κ3) is 3.27. The highest BCUT2D eigenvalue weighted by Crippen LogP contribution is 2.30. The van der Waals surface area contributed by atoms with Crippen LogP contribution in [-0.2, 0) is 11.3 Å². The first-order valence-electron chi connectivity index (χ1n) is 8.10. The second-order valence-corrected chi connectivity index (χ2v) is 6.84. The van der Waals surface area contributed by atoms with Gasteiger partial charge in [-0.3, -0.25) is 14.2 Å². The van der Waals surface area contributed by atoms with Gasteiger partial charge in [-0.15, -0.1) is 11.3 Å². The Morgan fingerprint density at radius 1 is 1.04 bits per heavy atom. The number of hydrogen-bond donors (Lipinski definition) is 1. The van der Waals surface area contributed by atoms with Gasteiger partial charge in [0.1, 0.15) is 11.2 Å². The molecule has 2 aromatic carbocycles. The zero-order valence-electron chi connectivity index (χ0n) is 13.8. The van der Waals surface area contributed by atoms with Gasteiger partial charge in [0, 0.05) is 10.6 Å². The summed E-state index contributed by atoms with van der Waals surface area (Å²) in [6.07, 6.45) is 1.43. The van der Waals surface area contributed by atoms with E-state index in [0.29, 0.717) is 15.9 Å². The van der Waals surface area contributed by atoms with Gasteiger partial charge in [-0.1, -0.05) is 48.5 Å². The number of carbonyl (C=O) groups excluding carboxylic acids is 1. The Morgan fingerprint density at radius 2 is 1.73 bits per heavy atom. The molecule has 6 heteroatoms. The molecule has 1 N–H and O–H groups in total. The summed E-state index contributed by atoms with van der Waals surface area (Å²) in [6.45, 7) is -0.0742. The van der Waals surface area contributed by atoms with Gasteiger partial charge >= 0.3 is 0 Å². The highest BCUT2D eigenvalue weighted by atomic mass is 32.1. The number of para-hydroxylation sites is 1. The molecule has 0 aliphatic heterocycles. The number of aromatic nitrogens is 2. The lowest BCUT2D eigenvalue weighted by Crippen LogP contribution is -2.27. The Labute approximate surface area is 153 Å². The minimum Gasteiger partial charge on any atom is -0.325 e. The van der Waals surface area contributed by atoms with E-state index in [4.69, 9.17) is 0 Å². The van der Waals surface area contributed by atoms with E-state index in [2.05, 4.69) is 10.3 Å². The van der Waals surface area contributed by atoms with Gasteiger partial charge in [0.15, 0.2) is 0 Å². The number of rotatable bonds is 4. The lowest BCUT2D eigenvalue weighted by atomic mass is 10.2. The molecule has 0 bridgehead atoms. The van der Waals surface area contributed by atoms with Gasteiger partial charge in [0.25, 0.3) is 5.56 Å². The van der Waals surface area contributed by atoms with Gasteiger partial charge in [-0.2, -0.15) is 0 Å². The summed E-state index contributed by atoms with van der Waals surface area (Å²) < 4.78 is 1.89. The number of hydrogen-bond acceptors (Lipinski definition) is 4. The van der Waals surface area contributed by atoms with Crippen LogP contribution in [0.4, 0.5) is 5.69 Å². The number of nitrogens with zero attached hydrogens (tertiary/aromatic N) is 2. The first-order valence-corrected chi connectivity index (χ1v) is 8.92. The summed E-state index contributed by atoms with van der Waals surface area (Å²) in [5.74, 6) is -0.265. The average molecular weight is 361 g/mol. The van der Waals surface area contributed by atoms with Crippen molar-refractivity contribution in [3.8, 4) is 10.4 Å². The van der Waals surface area contributed by atoms with Crippen molar-refractivity contribution < 1.29 is 4.79 Å². The molecule has 128 valence electrons. The fourth-order valence-corrected chi connectivity index (χ4v) is 3.74.